The quantitative estimate of drug-likeness (QED) is 0.306. The van der Waals surface area contributed by atoms with Crippen LogP contribution in [0.1, 0.15) is 17.3 Å². The number of carbonyl (C=O) groups excluding carboxylic acids is 1. The average Bonchev–Trinajstić information content (AvgIpc) is 3.05. The Hall–Kier alpha value is -2.44. The monoisotopic (exact) mass is 401 g/mol. The van der Waals surface area contributed by atoms with Gasteiger partial charge in [0.15, 0.2) is 16.8 Å². The van der Waals surface area contributed by atoms with Gasteiger partial charge in [0.25, 0.3) is 0 Å². The van der Waals surface area contributed by atoms with Gasteiger partial charge in [0.1, 0.15) is 5.82 Å². The molecule has 0 radical (unpaired) electrons. The molecule has 1 aromatic heterocycles. The second kappa shape index (κ2) is 8.50. The number of carbonyl (C=O) groups is 1. The molecule has 0 saturated heterocycles. The molecule has 0 aliphatic rings. The number of ketones is 1. The summed E-state index contributed by atoms with van der Waals surface area (Å²) in [6, 6.07) is 12.9. The van der Waals surface area contributed by atoms with E-state index in [0.717, 1.165) is 5.56 Å². The second-order valence-electron chi connectivity index (χ2n) is 5.84. The Bertz CT molecular complexity index is 954. The topological polar surface area (TPSA) is 47.8 Å². The Labute approximate surface area is 166 Å². The van der Waals surface area contributed by atoms with Crippen molar-refractivity contribution < 1.29 is 9.18 Å². The number of thioether (sulfide) groups is 1. The summed E-state index contributed by atoms with van der Waals surface area (Å²) in [4.78, 5) is 12.6. The van der Waals surface area contributed by atoms with Crippen LogP contribution in [0.25, 0.3) is 11.4 Å². The molecule has 138 valence electrons. The normalized spacial score (nSPS) is 12.0. The van der Waals surface area contributed by atoms with Gasteiger partial charge in [0.2, 0.25) is 0 Å². The van der Waals surface area contributed by atoms with Gasteiger partial charge in [-0.3, -0.25) is 9.36 Å². The standard InChI is InChI=1S/C20H17ClFN3OS/c1-3-12-25-19(15-4-8-16(21)9-5-15)23-24-20(25)27-13(2)18(26)14-6-10-17(22)11-7-14/h3-11,13H,1,12H2,2H3/t13-/m0/s1. The van der Waals surface area contributed by atoms with Crippen LogP contribution in [0.3, 0.4) is 0 Å². The molecule has 0 saturated carbocycles. The highest BCUT2D eigenvalue weighted by Crippen LogP contribution is 2.29. The van der Waals surface area contributed by atoms with Gasteiger partial charge in [-0.25, -0.2) is 4.39 Å². The number of rotatable bonds is 7. The molecule has 2 aromatic carbocycles. The molecule has 3 aromatic rings. The number of allylic oxidation sites excluding steroid dienone is 1. The van der Waals surface area contributed by atoms with E-state index in [-0.39, 0.29) is 11.6 Å². The lowest BCUT2D eigenvalue weighted by atomic mass is 10.1. The Morgan fingerprint density at radius 2 is 1.89 bits per heavy atom. The molecule has 0 N–H and O–H groups in total. The fourth-order valence-electron chi connectivity index (χ4n) is 2.54. The van der Waals surface area contributed by atoms with Crippen LogP contribution in [0.5, 0.6) is 0 Å². The van der Waals surface area contributed by atoms with Crippen LogP contribution < -0.4 is 0 Å². The molecule has 4 nitrogen and oxygen atoms in total. The number of benzene rings is 2. The van der Waals surface area contributed by atoms with Crippen LogP contribution in [0.2, 0.25) is 5.02 Å². The summed E-state index contributed by atoms with van der Waals surface area (Å²) < 4.78 is 15.0. The lowest BCUT2D eigenvalue weighted by Crippen LogP contribution is -2.15. The van der Waals surface area contributed by atoms with E-state index >= 15 is 0 Å². The Kier molecular flexibility index (Phi) is 6.08. The van der Waals surface area contributed by atoms with Crippen molar-refractivity contribution in [3.05, 3.63) is 77.6 Å². The largest absolute Gasteiger partial charge is 0.298 e. The lowest BCUT2D eigenvalue weighted by Gasteiger charge is -2.12. The minimum absolute atomic E-state index is 0.0961. The van der Waals surface area contributed by atoms with Crippen LogP contribution in [-0.2, 0) is 6.54 Å². The van der Waals surface area contributed by atoms with Crippen molar-refractivity contribution in [3.8, 4) is 11.4 Å². The molecule has 0 aliphatic carbocycles. The van der Waals surface area contributed by atoms with Crippen molar-refractivity contribution in [3.63, 3.8) is 0 Å². The molecular formula is C20H17ClFN3OS. The maximum absolute atomic E-state index is 13.1. The van der Waals surface area contributed by atoms with Crippen molar-refractivity contribution in [2.45, 2.75) is 23.9 Å². The smallest absolute Gasteiger partial charge is 0.192 e. The molecule has 7 heteroatoms. The maximum atomic E-state index is 13.1. The van der Waals surface area contributed by atoms with Gasteiger partial charge in [0.05, 0.1) is 5.25 Å². The summed E-state index contributed by atoms with van der Waals surface area (Å²) in [5.74, 6) is 0.210. The predicted molar refractivity (Wildman–Crippen MR) is 107 cm³/mol. The first-order chi connectivity index (χ1) is 13.0. The first-order valence-corrected chi connectivity index (χ1v) is 9.52. The van der Waals surface area contributed by atoms with Crippen LogP contribution >= 0.6 is 23.4 Å². The van der Waals surface area contributed by atoms with E-state index in [2.05, 4.69) is 16.8 Å². The van der Waals surface area contributed by atoms with Crippen LogP contribution in [-0.4, -0.2) is 25.8 Å². The van der Waals surface area contributed by atoms with E-state index in [1.54, 1.807) is 25.1 Å². The minimum atomic E-state index is -0.402. The number of hydrogen-bond donors (Lipinski definition) is 0. The summed E-state index contributed by atoms with van der Waals surface area (Å²) >= 11 is 7.26. The van der Waals surface area contributed by atoms with E-state index in [1.807, 2.05) is 16.7 Å². The number of nitrogens with zero attached hydrogens (tertiary/aromatic N) is 3. The number of Topliss-reactive ketones (excluding diaryl/α,β-unsaturated/α-hetero) is 1. The fourth-order valence-corrected chi connectivity index (χ4v) is 3.60. The van der Waals surface area contributed by atoms with Gasteiger partial charge in [-0.15, -0.1) is 16.8 Å². The van der Waals surface area contributed by atoms with Crippen LogP contribution in [0.4, 0.5) is 4.39 Å². The zero-order valence-corrected chi connectivity index (χ0v) is 16.2. The number of hydrogen-bond acceptors (Lipinski definition) is 4. The van der Waals surface area contributed by atoms with Crippen molar-refractivity contribution in [2.24, 2.45) is 0 Å². The van der Waals surface area contributed by atoms with Gasteiger partial charge >= 0.3 is 0 Å². The Balaban J connectivity index is 1.85. The first kappa shape index (κ1) is 19.3. The SMILES string of the molecule is C=CCn1c(S[C@@H](C)C(=O)c2ccc(F)cc2)nnc1-c1ccc(Cl)cc1. The van der Waals surface area contributed by atoms with Crippen molar-refractivity contribution in [1.82, 2.24) is 14.8 Å². The number of aromatic nitrogens is 3. The number of halogens is 2. The summed E-state index contributed by atoms with van der Waals surface area (Å²) in [7, 11) is 0. The van der Waals surface area contributed by atoms with Crippen molar-refractivity contribution in [2.75, 3.05) is 0 Å². The van der Waals surface area contributed by atoms with Gasteiger partial charge in [-0.2, -0.15) is 0 Å². The maximum Gasteiger partial charge on any atom is 0.192 e. The second-order valence-corrected chi connectivity index (χ2v) is 7.59. The molecule has 1 atom stereocenters. The van der Waals surface area contributed by atoms with E-state index in [1.165, 1.54) is 36.0 Å². The van der Waals surface area contributed by atoms with Crippen LogP contribution in [0.15, 0.2) is 66.3 Å². The molecule has 1 heterocycles. The first-order valence-electron chi connectivity index (χ1n) is 8.26. The molecule has 0 amide bonds. The summed E-state index contributed by atoms with van der Waals surface area (Å²) in [5.41, 5.74) is 1.34. The summed E-state index contributed by atoms with van der Waals surface area (Å²) in [5, 5.41) is 9.37. The highest BCUT2D eigenvalue weighted by Gasteiger charge is 2.21. The minimum Gasteiger partial charge on any atom is -0.298 e. The van der Waals surface area contributed by atoms with Crippen molar-refractivity contribution in [1.29, 1.82) is 0 Å². The zero-order chi connectivity index (χ0) is 19.4. The summed E-state index contributed by atoms with van der Waals surface area (Å²) in [6.07, 6.45) is 1.75. The highest BCUT2D eigenvalue weighted by molar-refractivity contribution is 8.00. The fraction of sp³-hybridized carbons (Fsp3) is 0.150. The molecule has 3 rings (SSSR count). The molecule has 0 bridgehead atoms. The predicted octanol–water partition coefficient (Wildman–Crippen LogP) is 5.29. The van der Waals surface area contributed by atoms with E-state index in [4.69, 9.17) is 11.6 Å². The highest BCUT2D eigenvalue weighted by atomic mass is 35.5. The third-order valence-corrected chi connectivity index (χ3v) is 5.24. The third kappa shape index (κ3) is 4.46. The third-order valence-electron chi connectivity index (χ3n) is 3.91. The molecule has 0 unspecified atom stereocenters. The molecule has 0 spiro atoms. The molecular weight excluding hydrogens is 385 g/mol. The van der Waals surface area contributed by atoms with Gasteiger partial charge < -0.3 is 0 Å². The Morgan fingerprint density at radius 1 is 1.22 bits per heavy atom. The van der Waals surface area contributed by atoms with E-state index < -0.39 is 5.25 Å². The van der Waals surface area contributed by atoms with Crippen LogP contribution in [0, 0.1) is 5.82 Å². The molecule has 0 fully saturated rings. The lowest BCUT2D eigenvalue weighted by molar-refractivity contribution is 0.0994. The summed E-state index contributed by atoms with van der Waals surface area (Å²) in [6.45, 7) is 6.09. The van der Waals surface area contributed by atoms with Crippen molar-refractivity contribution >= 4 is 29.1 Å². The average molecular weight is 402 g/mol. The van der Waals surface area contributed by atoms with E-state index in [0.29, 0.717) is 28.1 Å². The van der Waals surface area contributed by atoms with E-state index in [9.17, 15) is 9.18 Å². The van der Waals surface area contributed by atoms with Gasteiger partial charge in [-0.1, -0.05) is 29.4 Å². The Morgan fingerprint density at radius 3 is 2.52 bits per heavy atom. The molecule has 27 heavy (non-hydrogen) atoms. The zero-order valence-electron chi connectivity index (χ0n) is 14.6. The van der Waals surface area contributed by atoms with Gasteiger partial charge in [-0.05, 0) is 55.5 Å². The van der Waals surface area contributed by atoms with Gasteiger partial charge in [0, 0.05) is 22.7 Å². The molecule has 0 aliphatic heterocycles.